The average Bonchev–Trinajstić information content (AvgIpc) is 2.23. The van der Waals surface area contributed by atoms with E-state index in [9.17, 15) is 4.79 Å². The van der Waals surface area contributed by atoms with Crippen molar-refractivity contribution in [3.05, 3.63) is 0 Å². The Morgan fingerprint density at radius 3 is 2.50 bits per heavy atom. The molecule has 0 aromatic heterocycles. The van der Waals surface area contributed by atoms with Gasteiger partial charge in [-0.25, -0.2) is 0 Å². The van der Waals surface area contributed by atoms with Gasteiger partial charge in [0.1, 0.15) is 11.8 Å². The summed E-state index contributed by atoms with van der Waals surface area (Å²) in [5, 5.41) is 3.03. The topological polar surface area (TPSA) is 47.6 Å². The molecule has 0 aliphatic carbocycles. The molecule has 2 unspecified atom stereocenters. The highest BCUT2D eigenvalue weighted by atomic mass is 16.6. The number of rotatable bonds is 1. The molecule has 0 amide bonds. The Kier molecular flexibility index (Phi) is 2.39. The van der Waals surface area contributed by atoms with Gasteiger partial charge in [0.2, 0.25) is 0 Å². The van der Waals surface area contributed by atoms with E-state index in [0.29, 0.717) is 0 Å². The summed E-state index contributed by atoms with van der Waals surface area (Å²) in [5.41, 5.74) is -0.432. The van der Waals surface area contributed by atoms with Crippen molar-refractivity contribution in [3.8, 4) is 0 Å². The van der Waals surface area contributed by atoms with E-state index in [1.165, 1.54) is 7.11 Å². The van der Waals surface area contributed by atoms with Crippen LogP contribution in [0.5, 0.6) is 0 Å². The number of hydrogen-bond acceptors (Lipinski definition) is 4. The van der Waals surface area contributed by atoms with Gasteiger partial charge in [-0.05, 0) is 20.8 Å². The van der Waals surface area contributed by atoms with Crippen molar-refractivity contribution in [2.24, 2.45) is 0 Å². The summed E-state index contributed by atoms with van der Waals surface area (Å²) in [6, 6.07) is -0.343. The molecule has 1 aliphatic heterocycles. The predicted octanol–water partition coefficient (Wildman–Crippen LogP) is 0.272. The lowest BCUT2D eigenvalue weighted by Gasteiger charge is -2.17. The average molecular weight is 173 g/mol. The number of methoxy groups -OCH3 is 1. The fourth-order valence-electron chi connectivity index (χ4n) is 1.44. The van der Waals surface area contributed by atoms with Crippen LogP contribution >= 0.6 is 0 Å². The SMILES string of the molecule is COC(=O)C1NC(C)(C)OC1C. The van der Waals surface area contributed by atoms with Crippen LogP contribution in [0.15, 0.2) is 0 Å². The molecule has 1 heterocycles. The first-order valence-corrected chi connectivity index (χ1v) is 3.99. The Hall–Kier alpha value is -0.610. The molecular weight excluding hydrogens is 158 g/mol. The zero-order valence-corrected chi connectivity index (χ0v) is 7.88. The monoisotopic (exact) mass is 173 g/mol. The van der Waals surface area contributed by atoms with Gasteiger partial charge in [0.05, 0.1) is 13.2 Å². The summed E-state index contributed by atoms with van der Waals surface area (Å²) in [5.74, 6) is -0.270. The van der Waals surface area contributed by atoms with Crippen LogP contribution in [-0.2, 0) is 14.3 Å². The van der Waals surface area contributed by atoms with Crippen LogP contribution in [0, 0.1) is 0 Å². The molecule has 1 N–H and O–H groups in total. The van der Waals surface area contributed by atoms with Crippen LogP contribution in [0.4, 0.5) is 0 Å². The third-order valence-electron chi connectivity index (χ3n) is 1.91. The minimum absolute atomic E-state index is 0.132. The smallest absolute Gasteiger partial charge is 0.325 e. The lowest BCUT2D eigenvalue weighted by atomic mass is 10.2. The summed E-state index contributed by atoms with van der Waals surface area (Å²) < 4.78 is 10.1. The molecule has 12 heavy (non-hydrogen) atoms. The molecule has 1 saturated heterocycles. The predicted molar refractivity (Wildman–Crippen MR) is 43.6 cm³/mol. The Bertz CT molecular complexity index is 191. The summed E-state index contributed by atoms with van der Waals surface area (Å²) in [6.45, 7) is 5.61. The summed E-state index contributed by atoms with van der Waals surface area (Å²) in [6.07, 6.45) is -0.132. The van der Waals surface area contributed by atoms with Gasteiger partial charge in [-0.15, -0.1) is 0 Å². The van der Waals surface area contributed by atoms with Crippen molar-refractivity contribution >= 4 is 5.97 Å². The molecular formula is C8H15NO3. The second kappa shape index (κ2) is 3.03. The van der Waals surface area contributed by atoms with Crippen molar-refractivity contribution in [3.63, 3.8) is 0 Å². The Morgan fingerprint density at radius 1 is 1.58 bits per heavy atom. The molecule has 0 spiro atoms. The van der Waals surface area contributed by atoms with Crippen LogP contribution < -0.4 is 5.32 Å². The zero-order valence-electron chi connectivity index (χ0n) is 7.88. The molecule has 4 nitrogen and oxygen atoms in total. The fourth-order valence-corrected chi connectivity index (χ4v) is 1.44. The summed E-state index contributed by atoms with van der Waals surface area (Å²) in [4.78, 5) is 11.1. The van der Waals surface area contributed by atoms with Gasteiger partial charge in [-0.1, -0.05) is 0 Å². The normalized spacial score (nSPS) is 33.3. The molecule has 70 valence electrons. The first kappa shape index (κ1) is 9.48. The molecule has 1 aliphatic rings. The van der Waals surface area contributed by atoms with Crippen LogP contribution in [0.2, 0.25) is 0 Å². The third-order valence-corrected chi connectivity index (χ3v) is 1.91. The molecule has 0 aromatic carbocycles. The van der Waals surface area contributed by atoms with Crippen molar-refractivity contribution in [2.45, 2.75) is 38.6 Å². The Morgan fingerprint density at radius 2 is 2.17 bits per heavy atom. The van der Waals surface area contributed by atoms with E-state index in [0.717, 1.165) is 0 Å². The quantitative estimate of drug-likeness (QED) is 0.578. The minimum atomic E-state index is -0.432. The van der Waals surface area contributed by atoms with Crippen LogP contribution in [0.3, 0.4) is 0 Å². The molecule has 1 fully saturated rings. The van der Waals surface area contributed by atoms with E-state index in [4.69, 9.17) is 4.74 Å². The number of esters is 1. The van der Waals surface area contributed by atoms with Crippen LogP contribution in [0.1, 0.15) is 20.8 Å². The first-order chi connectivity index (χ1) is 5.46. The van der Waals surface area contributed by atoms with E-state index in [-0.39, 0.29) is 18.1 Å². The Balaban J connectivity index is 2.64. The van der Waals surface area contributed by atoms with Crippen molar-refractivity contribution in [2.75, 3.05) is 7.11 Å². The van der Waals surface area contributed by atoms with Gasteiger partial charge >= 0.3 is 5.97 Å². The molecule has 0 radical (unpaired) electrons. The highest BCUT2D eigenvalue weighted by molar-refractivity contribution is 5.76. The molecule has 4 heteroatoms. The number of hydrogen-bond donors (Lipinski definition) is 1. The van der Waals surface area contributed by atoms with Crippen molar-refractivity contribution < 1.29 is 14.3 Å². The van der Waals surface area contributed by atoms with E-state index in [1.54, 1.807) is 0 Å². The van der Waals surface area contributed by atoms with Gasteiger partial charge < -0.3 is 9.47 Å². The standard InChI is InChI=1S/C8H15NO3/c1-5-6(7(10)11-4)9-8(2,3)12-5/h5-6,9H,1-4H3. The van der Waals surface area contributed by atoms with Gasteiger partial charge in [-0.2, -0.15) is 0 Å². The highest BCUT2D eigenvalue weighted by Gasteiger charge is 2.41. The van der Waals surface area contributed by atoms with Crippen LogP contribution in [-0.4, -0.2) is 30.9 Å². The maximum Gasteiger partial charge on any atom is 0.325 e. The van der Waals surface area contributed by atoms with Gasteiger partial charge in [0.15, 0.2) is 0 Å². The fraction of sp³-hybridized carbons (Fsp3) is 0.875. The highest BCUT2D eigenvalue weighted by Crippen LogP contribution is 2.21. The van der Waals surface area contributed by atoms with Crippen molar-refractivity contribution in [1.82, 2.24) is 5.32 Å². The van der Waals surface area contributed by atoms with Crippen LogP contribution in [0.25, 0.3) is 0 Å². The number of nitrogens with one attached hydrogen (secondary N) is 1. The van der Waals surface area contributed by atoms with E-state index < -0.39 is 5.72 Å². The molecule has 0 aromatic rings. The lowest BCUT2D eigenvalue weighted by Crippen LogP contribution is -2.43. The minimum Gasteiger partial charge on any atom is -0.468 e. The number of ether oxygens (including phenoxy) is 2. The Labute approximate surface area is 72.2 Å². The van der Waals surface area contributed by atoms with E-state index >= 15 is 0 Å². The second-order valence-corrected chi connectivity index (χ2v) is 3.48. The van der Waals surface area contributed by atoms with Gasteiger partial charge in [0, 0.05) is 0 Å². The maximum absolute atomic E-state index is 11.1. The number of carbonyl (C=O) groups excluding carboxylic acids is 1. The van der Waals surface area contributed by atoms with E-state index in [1.807, 2.05) is 20.8 Å². The third kappa shape index (κ3) is 1.76. The zero-order chi connectivity index (χ0) is 9.35. The second-order valence-electron chi connectivity index (χ2n) is 3.48. The van der Waals surface area contributed by atoms with E-state index in [2.05, 4.69) is 10.1 Å². The number of carbonyl (C=O) groups is 1. The molecule has 2 atom stereocenters. The van der Waals surface area contributed by atoms with Crippen molar-refractivity contribution in [1.29, 1.82) is 0 Å². The summed E-state index contributed by atoms with van der Waals surface area (Å²) in [7, 11) is 1.38. The first-order valence-electron chi connectivity index (χ1n) is 3.99. The van der Waals surface area contributed by atoms with Gasteiger partial charge in [0.25, 0.3) is 0 Å². The van der Waals surface area contributed by atoms with Gasteiger partial charge in [-0.3, -0.25) is 10.1 Å². The molecule has 0 bridgehead atoms. The maximum atomic E-state index is 11.1. The lowest BCUT2D eigenvalue weighted by molar-refractivity contribution is -0.143. The molecule has 1 rings (SSSR count). The summed E-state index contributed by atoms with van der Waals surface area (Å²) >= 11 is 0. The molecule has 0 saturated carbocycles. The largest absolute Gasteiger partial charge is 0.468 e.